The van der Waals surface area contributed by atoms with Crippen LogP contribution in [0.25, 0.3) is 0 Å². The van der Waals surface area contributed by atoms with Gasteiger partial charge in [0.1, 0.15) is 0 Å². The minimum Gasteiger partial charge on any atom is -0.393 e. The van der Waals surface area contributed by atoms with Crippen LogP contribution in [0.5, 0.6) is 0 Å². The third-order valence-corrected chi connectivity index (χ3v) is 13.9. The van der Waals surface area contributed by atoms with Gasteiger partial charge in [0.15, 0.2) is 5.12 Å². The van der Waals surface area contributed by atoms with E-state index in [0.29, 0.717) is 40.4 Å². The quantitative estimate of drug-likeness (QED) is 0.323. The summed E-state index contributed by atoms with van der Waals surface area (Å²) in [5.41, 5.74) is 1.93. The summed E-state index contributed by atoms with van der Waals surface area (Å²) in [6, 6.07) is 0. The molecular weight excluding hydrogens is 424 g/mol. The molecule has 5 aliphatic rings. The molecule has 5 rings (SSSR count). The number of fused-ring (bicyclic) bond motifs is 7. The van der Waals surface area contributed by atoms with Crippen LogP contribution in [0.15, 0.2) is 12.2 Å². The van der Waals surface area contributed by atoms with Gasteiger partial charge < -0.3 is 5.11 Å². The summed E-state index contributed by atoms with van der Waals surface area (Å²) in [7, 11) is 0. The first-order chi connectivity index (χ1) is 15.3. The molecule has 0 radical (unpaired) electrons. The summed E-state index contributed by atoms with van der Waals surface area (Å²) in [6.07, 6.45) is 11.3. The van der Waals surface area contributed by atoms with E-state index in [1.54, 1.807) is 0 Å². The van der Waals surface area contributed by atoms with E-state index < -0.39 is 0 Å². The van der Waals surface area contributed by atoms with Crippen molar-refractivity contribution >= 4 is 17.7 Å². The summed E-state index contributed by atoms with van der Waals surface area (Å²) in [4.78, 5) is 13.1. The zero-order chi connectivity index (χ0) is 24.2. The van der Waals surface area contributed by atoms with Crippen molar-refractivity contribution in [3.05, 3.63) is 12.2 Å². The van der Waals surface area contributed by atoms with Crippen molar-refractivity contribution in [2.45, 2.75) is 112 Å². The third kappa shape index (κ3) is 2.87. The lowest BCUT2D eigenvalue weighted by Gasteiger charge is -2.72. The molecule has 5 saturated carbocycles. The zero-order valence-electron chi connectivity index (χ0n) is 22.0. The highest BCUT2D eigenvalue weighted by atomic mass is 32.1. The van der Waals surface area contributed by atoms with Gasteiger partial charge in [0.05, 0.1) is 6.10 Å². The number of allylic oxidation sites excluding steroid dienone is 1. The first-order valence-electron chi connectivity index (χ1n) is 13.8. The molecule has 5 aliphatic carbocycles. The van der Waals surface area contributed by atoms with Crippen molar-refractivity contribution in [3.8, 4) is 0 Å². The molecule has 0 aromatic heterocycles. The van der Waals surface area contributed by atoms with Crippen LogP contribution in [0.2, 0.25) is 0 Å². The van der Waals surface area contributed by atoms with Gasteiger partial charge in [-0.05, 0) is 122 Å². The van der Waals surface area contributed by atoms with Crippen molar-refractivity contribution in [2.24, 2.45) is 56.7 Å². The standard InChI is InChI=1S/C30H48O2S/c1-18(2)19-10-15-30(25(32)33)17-16-28(6)20(24(19)30)8-9-22-27(5)13-12-23(31)26(3,4)21(27)11-14-29(22,28)7/h19-24,31H,1,8-17H2,2-7H3,(H,32,33)/t19-,20+,21-,22+,23-,24+,27-,28+,29+,30-/m0/s1. The molecule has 2 nitrogen and oxygen atoms in total. The Morgan fingerprint density at radius 3 is 2.18 bits per heavy atom. The molecule has 0 bridgehead atoms. The second-order valence-electron chi connectivity index (χ2n) is 14.5. The highest BCUT2D eigenvalue weighted by Gasteiger charge is 2.71. The number of hydrogen-bond acceptors (Lipinski definition) is 2. The van der Waals surface area contributed by atoms with Crippen LogP contribution in [-0.4, -0.2) is 16.3 Å². The van der Waals surface area contributed by atoms with E-state index in [0.717, 1.165) is 25.7 Å². The highest BCUT2D eigenvalue weighted by molar-refractivity contribution is 7.96. The third-order valence-electron chi connectivity index (χ3n) is 13.5. The van der Waals surface area contributed by atoms with Crippen LogP contribution in [0.3, 0.4) is 0 Å². The summed E-state index contributed by atoms with van der Waals surface area (Å²) < 4.78 is 0. The molecule has 186 valence electrons. The minimum atomic E-state index is -0.224. The van der Waals surface area contributed by atoms with Crippen LogP contribution in [0.1, 0.15) is 106 Å². The molecule has 33 heavy (non-hydrogen) atoms. The summed E-state index contributed by atoms with van der Waals surface area (Å²) in [5.74, 6) is 2.80. The average molecular weight is 473 g/mol. The molecule has 0 amide bonds. The molecule has 1 N–H and O–H groups in total. The predicted octanol–water partition coefficient (Wildman–Crippen LogP) is 7.46. The van der Waals surface area contributed by atoms with E-state index in [2.05, 4.69) is 60.8 Å². The Labute approximate surface area is 208 Å². The number of aliphatic hydroxyl groups excluding tert-OH is 1. The van der Waals surface area contributed by atoms with E-state index in [4.69, 9.17) is 0 Å². The van der Waals surface area contributed by atoms with Crippen molar-refractivity contribution in [1.82, 2.24) is 0 Å². The molecule has 10 atom stereocenters. The Balaban J connectivity index is 1.57. The van der Waals surface area contributed by atoms with E-state index >= 15 is 0 Å². The fourth-order valence-corrected chi connectivity index (χ4v) is 11.9. The van der Waals surface area contributed by atoms with E-state index in [1.807, 2.05) is 0 Å². The Kier molecular flexibility index (Phi) is 5.45. The van der Waals surface area contributed by atoms with Gasteiger partial charge in [-0.15, -0.1) is 12.6 Å². The summed E-state index contributed by atoms with van der Waals surface area (Å²) >= 11 is 4.52. The van der Waals surface area contributed by atoms with Gasteiger partial charge >= 0.3 is 0 Å². The molecule has 0 aromatic rings. The number of carbonyl (C=O) groups excluding carboxylic acids is 1. The van der Waals surface area contributed by atoms with Crippen LogP contribution >= 0.6 is 12.6 Å². The van der Waals surface area contributed by atoms with Crippen LogP contribution < -0.4 is 0 Å². The Morgan fingerprint density at radius 1 is 0.848 bits per heavy atom. The number of thiol groups is 1. The largest absolute Gasteiger partial charge is 0.393 e. The minimum absolute atomic E-state index is 0.00273. The molecular formula is C30H48O2S. The van der Waals surface area contributed by atoms with Gasteiger partial charge in [-0.25, -0.2) is 0 Å². The van der Waals surface area contributed by atoms with E-state index in [9.17, 15) is 9.90 Å². The predicted molar refractivity (Wildman–Crippen MR) is 139 cm³/mol. The molecule has 0 spiro atoms. The van der Waals surface area contributed by atoms with Gasteiger partial charge in [0.25, 0.3) is 0 Å². The molecule has 0 saturated heterocycles. The maximum absolute atomic E-state index is 13.1. The fourth-order valence-electron chi connectivity index (χ4n) is 11.5. The average Bonchev–Trinajstić information content (AvgIpc) is 3.13. The van der Waals surface area contributed by atoms with Crippen LogP contribution in [0, 0.1) is 56.7 Å². The first-order valence-corrected chi connectivity index (χ1v) is 14.3. The second kappa shape index (κ2) is 7.37. The number of rotatable bonds is 2. The maximum atomic E-state index is 13.1. The molecule has 3 heteroatoms. The van der Waals surface area contributed by atoms with Crippen molar-refractivity contribution in [3.63, 3.8) is 0 Å². The fraction of sp³-hybridized carbons (Fsp3) is 0.900. The van der Waals surface area contributed by atoms with Gasteiger partial charge in [0.2, 0.25) is 0 Å². The highest BCUT2D eigenvalue weighted by Crippen LogP contribution is 2.77. The van der Waals surface area contributed by atoms with E-state index in [-0.39, 0.29) is 27.5 Å². The van der Waals surface area contributed by atoms with Crippen LogP contribution in [0.4, 0.5) is 0 Å². The van der Waals surface area contributed by atoms with Gasteiger partial charge in [-0.2, -0.15) is 0 Å². The number of hydrogen-bond donors (Lipinski definition) is 2. The SMILES string of the molecule is C=C(C)[C@@H]1CC[C@]2(C(=O)S)CC[C@]3(C)[C@H](CC[C@@H]4[C@@]5(C)CC[C@H](O)C(C)(C)[C@@H]5CC[C@]43C)[C@@H]12. The Hall–Kier alpha value is -0.280. The van der Waals surface area contributed by atoms with Gasteiger partial charge in [-0.3, -0.25) is 4.79 Å². The smallest absolute Gasteiger partial charge is 0.192 e. The monoisotopic (exact) mass is 472 g/mol. The summed E-state index contributed by atoms with van der Waals surface area (Å²) in [5, 5.41) is 11.1. The lowest BCUT2D eigenvalue weighted by molar-refractivity contribution is -0.245. The van der Waals surface area contributed by atoms with Crippen molar-refractivity contribution < 1.29 is 9.90 Å². The number of carbonyl (C=O) groups is 1. The van der Waals surface area contributed by atoms with Crippen molar-refractivity contribution in [2.75, 3.05) is 0 Å². The zero-order valence-corrected chi connectivity index (χ0v) is 22.9. The lowest BCUT2D eigenvalue weighted by Crippen LogP contribution is -2.67. The first kappa shape index (κ1) is 24.4. The summed E-state index contributed by atoms with van der Waals surface area (Å²) in [6.45, 7) is 19.1. The van der Waals surface area contributed by atoms with Crippen LogP contribution in [-0.2, 0) is 4.79 Å². The van der Waals surface area contributed by atoms with Gasteiger partial charge in [-0.1, -0.05) is 46.8 Å². The lowest BCUT2D eigenvalue weighted by atomic mass is 9.32. The Morgan fingerprint density at radius 2 is 1.55 bits per heavy atom. The Bertz CT molecular complexity index is 863. The molecule has 5 fully saturated rings. The molecule has 0 aliphatic heterocycles. The van der Waals surface area contributed by atoms with Crippen molar-refractivity contribution in [1.29, 1.82) is 0 Å². The van der Waals surface area contributed by atoms with Gasteiger partial charge in [0, 0.05) is 5.41 Å². The maximum Gasteiger partial charge on any atom is 0.192 e. The normalized spacial score (nSPS) is 55.0. The van der Waals surface area contributed by atoms with E-state index in [1.165, 1.54) is 44.1 Å². The molecule has 0 unspecified atom stereocenters. The molecule has 0 heterocycles. The molecule has 0 aromatic carbocycles. The topological polar surface area (TPSA) is 37.3 Å². The number of aliphatic hydroxyl groups is 1. The second-order valence-corrected chi connectivity index (χ2v) is 14.9.